The first-order chi connectivity index (χ1) is 11.0. The van der Waals surface area contributed by atoms with Gasteiger partial charge in [0.25, 0.3) is 0 Å². The number of nitrogens with zero attached hydrogens (tertiary/aromatic N) is 2. The molecule has 1 aliphatic heterocycles. The zero-order chi connectivity index (χ0) is 16.4. The number of hydrogen-bond acceptors (Lipinski definition) is 4. The Balaban J connectivity index is 1.67. The van der Waals surface area contributed by atoms with E-state index >= 15 is 0 Å². The normalized spacial score (nSPS) is 17.5. The summed E-state index contributed by atoms with van der Waals surface area (Å²) in [5.74, 6) is -0.619. The molecule has 2 heterocycles. The van der Waals surface area contributed by atoms with Crippen molar-refractivity contribution >= 4 is 33.0 Å². The summed E-state index contributed by atoms with van der Waals surface area (Å²) in [6.07, 6.45) is 0. The topological polar surface area (TPSA) is 40.6 Å². The third-order valence-electron chi connectivity index (χ3n) is 3.82. The number of thiophene rings is 1. The first kappa shape index (κ1) is 16.9. The minimum Gasteiger partial charge on any atom is -0.296 e. The summed E-state index contributed by atoms with van der Waals surface area (Å²) in [4.78, 5) is 3.54. The van der Waals surface area contributed by atoms with Gasteiger partial charge in [-0.25, -0.2) is 12.8 Å². The van der Waals surface area contributed by atoms with Gasteiger partial charge >= 0.3 is 0 Å². The van der Waals surface area contributed by atoms with Crippen LogP contribution in [0.25, 0.3) is 0 Å². The summed E-state index contributed by atoms with van der Waals surface area (Å²) in [6.45, 7) is 3.03. The van der Waals surface area contributed by atoms with Crippen molar-refractivity contribution in [2.75, 3.05) is 26.2 Å². The van der Waals surface area contributed by atoms with E-state index in [0.717, 1.165) is 12.6 Å². The van der Waals surface area contributed by atoms with Crippen LogP contribution in [0, 0.1) is 5.82 Å². The predicted molar refractivity (Wildman–Crippen MR) is 89.8 cm³/mol. The number of rotatable bonds is 4. The molecular weight excluding hydrogens is 359 g/mol. The van der Waals surface area contributed by atoms with Gasteiger partial charge in [0.2, 0.25) is 10.0 Å². The fourth-order valence-electron chi connectivity index (χ4n) is 2.54. The van der Waals surface area contributed by atoms with Gasteiger partial charge in [0.1, 0.15) is 5.82 Å². The Morgan fingerprint density at radius 3 is 2.52 bits per heavy atom. The van der Waals surface area contributed by atoms with Crippen LogP contribution in [0.2, 0.25) is 5.02 Å². The molecule has 0 atom stereocenters. The van der Waals surface area contributed by atoms with Gasteiger partial charge in [-0.1, -0.05) is 17.7 Å². The van der Waals surface area contributed by atoms with Crippen molar-refractivity contribution in [3.8, 4) is 0 Å². The zero-order valence-corrected chi connectivity index (χ0v) is 14.7. The first-order valence-electron chi connectivity index (χ1n) is 7.17. The second kappa shape index (κ2) is 6.86. The van der Waals surface area contributed by atoms with Crippen LogP contribution in [0.3, 0.4) is 0 Å². The summed E-state index contributed by atoms with van der Waals surface area (Å²) in [5, 5.41) is 1.86. The maximum atomic E-state index is 13.2. The molecule has 1 aliphatic rings. The lowest BCUT2D eigenvalue weighted by molar-refractivity contribution is 0.183. The number of hydrogen-bond donors (Lipinski definition) is 0. The first-order valence-corrected chi connectivity index (χ1v) is 9.86. The third kappa shape index (κ3) is 3.75. The Bertz CT molecular complexity index is 773. The van der Waals surface area contributed by atoms with Crippen LogP contribution < -0.4 is 0 Å². The maximum Gasteiger partial charge on any atom is 0.243 e. The molecule has 1 saturated heterocycles. The molecule has 0 amide bonds. The number of halogens is 2. The molecule has 23 heavy (non-hydrogen) atoms. The fraction of sp³-hybridized carbons (Fsp3) is 0.333. The highest BCUT2D eigenvalue weighted by Crippen LogP contribution is 2.23. The smallest absolute Gasteiger partial charge is 0.243 e. The predicted octanol–water partition coefficient (Wildman–Crippen LogP) is 3.05. The molecule has 4 nitrogen and oxygen atoms in total. The molecule has 1 aromatic heterocycles. The van der Waals surface area contributed by atoms with Crippen LogP contribution in [-0.2, 0) is 16.6 Å². The zero-order valence-electron chi connectivity index (χ0n) is 12.3. The van der Waals surface area contributed by atoms with Crippen LogP contribution in [0.5, 0.6) is 0 Å². The van der Waals surface area contributed by atoms with Crippen LogP contribution in [0.1, 0.15) is 4.88 Å². The molecule has 124 valence electrons. The van der Waals surface area contributed by atoms with E-state index in [1.54, 1.807) is 11.3 Å². The molecule has 0 N–H and O–H groups in total. The Morgan fingerprint density at radius 1 is 1.17 bits per heavy atom. The van der Waals surface area contributed by atoms with Gasteiger partial charge in [-0.2, -0.15) is 4.31 Å². The van der Waals surface area contributed by atoms with Crippen LogP contribution >= 0.6 is 22.9 Å². The summed E-state index contributed by atoms with van der Waals surface area (Å²) in [6, 6.07) is 7.61. The molecule has 3 rings (SSSR count). The third-order valence-corrected chi connectivity index (χ3v) is 6.87. The number of piperazine rings is 1. The van der Waals surface area contributed by atoms with Crippen molar-refractivity contribution in [3.63, 3.8) is 0 Å². The van der Waals surface area contributed by atoms with Gasteiger partial charge in [0.15, 0.2) is 0 Å². The van der Waals surface area contributed by atoms with E-state index in [0.29, 0.717) is 26.2 Å². The van der Waals surface area contributed by atoms with E-state index in [9.17, 15) is 12.8 Å². The Labute approximate surface area is 144 Å². The van der Waals surface area contributed by atoms with Crippen molar-refractivity contribution in [2.24, 2.45) is 0 Å². The minimum absolute atomic E-state index is 0.0376. The van der Waals surface area contributed by atoms with E-state index in [-0.39, 0.29) is 9.92 Å². The van der Waals surface area contributed by atoms with E-state index in [1.807, 2.05) is 11.4 Å². The lowest BCUT2D eigenvalue weighted by Gasteiger charge is -2.33. The molecule has 0 aliphatic carbocycles. The lowest BCUT2D eigenvalue weighted by atomic mass is 10.3. The molecule has 0 radical (unpaired) electrons. The minimum atomic E-state index is -3.63. The Kier molecular flexibility index (Phi) is 5.03. The molecule has 2 aromatic rings. The SMILES string of the molecule is O=S(=O)(c1ccc(F)c(Cl)c1)N1CCN(Cc2cccs2)CC1. The van der Waals surface area contributed by atoms with Gasteiger partial charge in [-0.15, -0.1) is 11.3 Å². The van der Waals surface area contributed by atoms with Crippen molar-refractivity contribution in [1.29, 1.82) is 0 Å². The second-order valence-electron chi connectivity index (χ2n) is 5.34. The van der Waals surface area contributed by atoms with Gasteiger partial charge in [0.05, 0.1) is 9.92 Å². The van der Waals surface area contributed by atoms with Crippen LogP contribution in [-0.4, -0.2) is 43.8 Å². The standard InChI is InChI=1S/C15H16ClFN2O2S2/c16-14-10-13(3-4-15(14)17)23(20,21)19-7-5-18(6-8-19)11-12-2-1-9-22-12/h1-4,9-10H,5-8,11H2. The molecular formula is C15H16ClFN2O2S2. The monoisotopic (exact) mass is 374 g/mol. The Morgan fingerprint density at radius 2 is 1.91 bits per heavy atom. The quantitative estimate of drug-likeness (QED) is 0.825. The van der Waals surface area contributed by atoms with E-state index < -0.39 is 15.8 Å². The molecule has 8 heteroatoms. The number of benzene rings is 1. The van der Waals surface area contributed by atoms with Crippen molar-refractivity contribution in [2.45, 2.75) is 11.4 Å². The molecule has 0 bridgehead atoms. The van der Waals surface area contributed by atoms with Crippen molar-refractivity contribution in [3.05, 3.63) is 51.4 Å². The molecule has 0 saturated carbocycles. The summed E-state index contributed by atoms with van der Waals surface area (Å²) in [7, 11) is -3.63. The van der Waals surface area contributed by atoms with Crippen molar-refractivity contribution < 1.29 is 12.8 Å². The van der Waals surface area contributed by atoms with Crippen LogP contribution in [0.4, 0.5) is 4.39 Å². The highest BCUT2D eigenvalue weighted by atomic mass is 35.5. The van der Waals surface area contributed by atoms with E-state index in [1.165, 1.54) is 21.3 Å². The van der Waals surface area contributed by atoms with E-state index in [2.05, 4.69) is 11.0 Å². The highest BCUT2D eigenvalue weighted by Gasteiger charge is 2.29. The largest absolute Gasteiger partial charge is 0.296 e. The lowest BCUT2D eigenvalue weighted by Crippen LogP contribution is -2.48. The summed E-state index contributed by atoms with van der Waals surface area (Å²) >= 11 is 7.40. The van der Waals surface area contributed by atoms with Gasteiger partial charge in [-0.3, -0.25) is 4.90 Å². The summed E-state index contributed by atoms with van der Waals surface area (Å²) in [5.41, 5.74) is 0. The maximum absolute atomic E-state index is 13.2. The van der Waals surface area contributed by atoms with Crippen molar-refractivity contribution in [1.82, 2.24) is 9.21 Å². The van der Waals surface area contributed by atoms with E-state index in [4.69, 9.17) is 11.6 Å². The van der Waals surface area contributed by atoms with Crippen LogP contribution in [0.15, 0.2) is 40.6 Å². The second-order valence-corrected chi connectivity index (χ2v) is 8.71. The molecule has 0 spiro atoms. The van der Waals surface area contributed by atoms with Gasteiger partial charge in [-0.05, 0) is 29.6 Å². The van der Waals surface area contributed by atoms with Gasteiger partial charge < -0.3 is 0 Å². The number of sulfonamides is 1. The van der Waals surface area contributed by atoms with Gasteiger partial charge in [0, 0.05) is 37.6 Å². The molecule has 1 aromatic carbocycles. The average Bonchev–Trinajstić information content (AvgIpc) is 3.03. The molecule has 1 fully saturated rings. The molecule has 0 unspecified atom stereocenters. The highest BCUT2D eigenvalue weighted by molar-refractivity contribution is 7.89. The average molecular weight is 375 g/mol. The Hall–Kier alpha value is -0.990. The fourth-order valence-corrected chi connectivity index (χ4v) is 4.98. The summed E-state index contributed by atoms with van der Waals surface area (Å²) < 4.78 is 39.9.